The van der Waals surface area contributed by atoms with Crippen LogP contribution in [-0.2, 0) is 17.9 Å². The van der Waals surface area contributed by atoms with Gasteiger partial charge in [-0.1, -0.05) is 24.3 Å². The molecule has 0 spiro atoms. The molecule has 35 heavy (non-hydrogen) atoms. The molecule has 7 nitrogen and oxygen atoms in total. The molecule has 4 aromatic rings. The maximum atomic E-state index is 13.5. The Morgan fingerprint density at radius 3 is 2.17 bits per heavy atom. The third-order valence-electron chi connectivity index (χ3n) is 5.74. The number of ether oxygens (including phenoxy) is 2. The van der Waals surface area contributed by atoms with Gasteiger partial charge in [-0.3, -0.25) is 14.2 Å². The number of aryl methyl sites for hydroxylation is 2. The van der Waals surface area contributed by atoms with Crippen molar-refractivity contribution in [1.82, 2.24) is 4.57 Å². The summed E-state index contributed by atoms with van der Waals surface area (Å²) in [6.45, 7) is 4.12. The van der Waals surface area contributed by atoms with Crippen molar-refractivity contribution in [3.05, 3.63) is 93.8 Å². The summed E-state index contributed by atoms with van der Waals surface area (Å²) >= 11 is 0. The van der Waals surface area contributed by atoms with E-state index in [1.807, 2.05) is 74.5 Å². The van der Waals surface area contributed by atoms with Gasteiger partial charge in [-0.15, -0.1) is 0 Å². The number of benzene rings is 3. The number of amides is 1. The van der Waals surface area contributed by atoms with E-state index in [1.54, 1.807) is 13.2 Å². The molecule has 1 heterocycles. The van der Waals surface area contributed by atoms with E-state index < -0.39 is 0 Å². The molecule has 180 valence electrons. The van der Waals surface area contributed by atoms with Crippen LogP contribution in [0.5, 0.6) is 11.5 Å². The summed E-state index contributed by atoms with van der Waals surface area (Å²) in [6.07, 6.45) is 0. The molecule has 4 rings (SSSR count). The normalized spacial score (nSPS) is 10.7. The fourth-order valence-corrected chi connectivity index (χ4v) is 4.19. The minimum Gasteiger partial charge on any atom is -0.493 e. The van der Waals surface area contributed by atoms with Gasteiger partial charge < -0.3 is 20.1 Å². The Morgan fingerprint density at radius 1 is 0.857 bits per heavy atom. The van der Waals surface area contributed by atoms with Gasteiger partial charge in [0.2, 0.25) is 5.91 Å². The molecule has 7 heteroatoms. The zero-order valence-corrected chi connectivity index (χ0v) is 20.3. The van der Waals surface area contributed by atoms with E-state index in [1.165, 1.54) is 11.7 Å². The highest BCUT2D eigenvalue weighted by molar-refractivity contribution is 5.92. The van der Waals surface area contributed by atoms with Crippen molar-refractivity contribution in [1.29, 1.82) is 0 Å². The quantitative estimate of drug-likeness (QED) is 0.383. The molecule has 0 aliphatic heterocycles. The largest absolute Gasteiger partial charge is 0.493 e. The lowest BCUT2D eigenvalue weighted by Crippen LogP contribution is -2.30. The monoisotopic (exact) mass is 471 g/mol. The summed E-state index contributed by atoms with van der Waals surface area (Å²) < 4.78 is 12.4. The molecule has 2 N–H and O–H groups in total. The van der Waals surface area contributed by atoms with E-state index in [9.17, 15) is 9.59 Å². The molecule has 0 aliphatic rings. The van der Waals surface area contributed by atoms with Crippen molar-refractivity contribution in [2.24, 2.45) is 0 Å². The highest BCUT2D eigenvalue weighted by Gasteiger charge is 2.16. The molecule has 0 saturated carbocycles. The van der Waals surface area contributed by atoms with Gasteiger partial charge in [-0.25, -0.2) is 0 Å². The van der Waals surface area contributed by atoms with Gasteiger partial charge >= 0.3 is 0 Å². The van der Waals surface area contributed by atoms with Gasteiger partial charge in [0, 0.05) is 34.9 Å². The van der Waals surface area contributed by atoms with Crippen molar-refractivity contribution in [2.45, 2.75) is 26.9 Å². The molecule has 0 aliphatic carbocycles. The summed E-state index contributed by atoms with van der Waals surface area (Å²) in [4.78, 5) is 26.6. The molecule has 0 fully saturated rings. The molecular weight excluding hydrogens is 442 g/mol. The topological polar surface area (TPSA) is 81.6 Å². The van der Waals surface area contributed by atoms with Gasteiger partial charge in [0.05, 0.1) is 19.7 Å². The number of aromatic nitrogens is 1. The summed E-state index contributed by atoms with van der Waals surface area (Å²) in [7, 11) is 3.10. The summed E-state index contributed by atoms with van der Waals surface area (Å²) in [6, 6.07) is 20.9. The first-order valence-corrected chi connectivity index (χ1v) is 11.3. The second-order valence-corrected chi connectivity index (χ2v) is 8.47. The average Bonchev–Trinajstić information content (AvgIpc) is 2.84. The highest BCUT2D eigenvalue weighted by atomic mass is 16.5. The van der Waals surface area contributed by atoms with Crippen LogP contribution in [0.1, 0.15) is 16.7 Å². The molecule has 0 atom stereocenters. The predicted molar refractivity (Wildman–Crippen MR) is 140 cm³/mol. The van der Waals surface area contributed by atoms with E-state index in [-0.39, 0.29) is 18.0 Å². The standard InChI is InChI=1S/C28H29N3O4/c1-18-10-19(2)12-23(11-18)30-27(32)17-31-24-15-26(35-4)25(34-3)14-20(24)13-21(28(31)33)16-29-22-8-6-5-7-9-22/h5-15,29H,16-17H2,1-4H3,(H,30,32). The lowest BCUT2D eigenvalue weighted by atomic mass is 10.1. The highest BCUT2D eigenvalue weighted by Crippen LogP contribution is 2.32. The zero-order chi connectivity index (χ0) is 24.9. The van der Waals surface area contributed by atoms with Crippen LogP contribution >= 0.6 is 0 Å². The van der Waals surface area contributed by atoms with Gasteiger partial charge in [0.15, 0.2) is 11.5 Å². The lowest BCUT2D eigenvalue weighted by molar-refractivity contribution is -0.116. The van der Waals surface area contributed by atoms with Gasteiger partial charge in [0.1, 0.15) is 6.54 Å². The maximum Gasteiger partial charge on any atom is 0.256 e. The first-order valence-electron chi connectivity index (χ1n) is 11.3. The fraction of sp³-hybridized carbons (Fsp3) is 0.214. The zero-order valence-electron chi connectivity index (χ0n) is 20.3. The maximum absolute atomic E-state index is 13.5. The number of hydrogen-bond donors (Lipinski definition) is 2. The van der Waals surface area contributed by atoms with E-state index in [2.05, 4.69) is 10.6 Å². The number of fused-ring (bicyclic) bond motifs is 1. The predicted octanol–water partition coefficient (Wildman–Crippen LogP) is 4.89. The minimum atomic E-state index is -0.290. The van der Waals surface area contributed by atoms with Crippen molar-refractivity contribution >= 4 is 28.2 Å². The molecule has 0 radical (unpaired) electrons. The molecule has 0 bridgehead atoms. The summed E-state index contributed by atoms with van der Waals surface area (Å²) in [5.74, 6) is 0.742. The first kappa shape index (κ1) is 23.9. The van der Waals surface area contributed by atoms with Crippen LogP contribution < -0.4 is 25.7 Å². The van der Waals surface area contributed by atoms with Crippen molar-refractivity contribution in [3.63, 3.8) is 0 Å². The molecule has 0 saturated heterocycles. The SMILES string of the molecule is COc1cc2cc(CNc3ccccc3)c(=O)n(CC(=O)Nc3cc(C)cc(C)c3)c2cc1OC. The number of anilines is 2. The number of hydrogen-bond acceptors (Lipinski definition) is 5. The van der Waals surface area contributed by atoms with E-state index in [0.717, 1.165) is 22.2 Å². The van der Waals surface area contributed by atoms with Crippen LogP contribution in [0.15, 0.2) is 71.5 Å². The molecule has 0 unspecified atom stereocenters. The van der Waals surface area contributed by atoms with E-state index in [0.29, 0.717) is 34.8 Å². The third-order valence-corrected chi connectivity index (χ3v) is 5.74. The van der Waals surface area contributed by atoms with Crippen LogP contribution in [0, 0.1) is 13.8 Å². The Balaban J connectivity index is 1.74. The number of carbonyl (C=O) groups is 1. The second-order valence-electron chi connectivity index (χ2n) is 8.47. The lowest BCUT2D eigenvalue weighted by Gasteiger charge is -2.16. The fourth-order valence-electron chi connectivity index (χ4n) is 4.19. The Bertz CT molecular complexity index is 1410. The number of para-hydroxylation sites is 1. The van der Waals surface area contributed by atoms with Crippen molar-refractivity contribution in [3.8, 4) is 11.5 Å². The Morgan fingerprint density at radius 2 is 1.51 bits per heavy atom. The Labute approximate surface area is 204 Å². The average molecular weight is 472 g/mol. The van der Waals surface area contributed by atoms with E-state index in [4.69, 9.17) is 9.47 Å². The van der Waals surface area contributed by atoms with Gasteiger partial charge in [0.25, 0.3) is 5.56 Å². The number of carbonyl (C=O) groups excluding carboxylic acids is 1. The van der Waals surface area contributed by atoms with Gasteiger partial charge in [-0.2, -0.15) is 0 Å². The van der Waals surface area contributed by atoms with Crippen LogP contribution in [0.4, 0.5) is 11.4 Å². The minimum absolute atomic E-state index is 0.142. The summed E-state index contributed by atoms with van der Waals surface area (Å²) in [5, 5.41) is 6.97. The Hall–Kier alpha value is -4.26. The Kier molecular flexibility index (Phi) is 7.06. The number of methoxy groups -OCH3 is 2. The first-order chi connectivity index (χ1) is 16.9. The number of nitrogens with zero attached hydrogens (tertiary/aromatic N) is 1. The number of pyridine rings is 1. The third kappa shape index (κ3) is 5.46. The van der Waals surface area contributed by atoms with Crippen LogP contribution in [0.2, 0.25) is 0 Å². The van der Waals surface area contributed by atoms with Crippen LogP contribution in [0.3, 0.4) is 0 Å². The second kappa shape index (κ2) is 10.3. The summed E-state index contributed by atoms with van der Waals surface area (Å²) in [5.41, 5.74) is 4.58. The molecule has 3 aromatic carbocycles. The van der Waals surface area contributed by atoms with Gasteiger partial charge in [-0.05, 0) is 61.4 Å². The van der Waals surface area contributed by atoms with Crippen molar-refractivity contribution < 1.29 is 14.3 Å². The van der Waals surface area contributed by atoms with Crippen LogP contribution in [0.25, 0.3) is 10.9 Å². The number of rotatable bonds is 8. The number of nitrogens with one attached hydrogen (secondary N) is 2. The molecule has 1 aromatic heterocycles. The molecule has 1 amide bonds. The smallest absolute Gasteiger partial charge is 0.256 e. The van der Waals surface area contributed by atoms with Crippen LogP contribution in [-0.4, -0.2) is 24.7 Å². The van der Waals surface area contributed by atoms with Crippen molar-refractivity contribution in [2.75, 3.05) is 24.9 Å². The van der Waals surface area contributed by atoms with E-state index >= 15 is 0 Å². The molecular formula is C28H29N3O4.